The first kappa shape index (κ1) is 10.1. The van der Waals surface area contributed by atoms with E-state index in [1.165, 1.54) is 4.88 Å². The normalized spacial score (nSPS) is 13.0. The Hall–Kier alpha value is -0.420. The van der Waals surface area contributed by atoms with Crippen LogP contribution in [0.2, 0.25) is 4.34 Å². The van der Waals surface area contributed by atoms with Gasteiger partial charge < -0.3 is 5.73 Å². The molecule has 5 heteroatoms. The summed E-state index contributed by atoms with van der Waals surface area (Å²) in [6, 6.07) is 3.90. The number of hydrogen-bond acceptors (Lipinski definition) is 4. The van der Waals surface area contributed by atoms with Crippen LogP contribution in [-0.2, 0) is 6.42 Å². The van der Waals surface area contributed by atoms with Crippen molar-refractivity contribution in [3.8, 4) is 0 Å². The lowest BCUT2D eigenvalue weighted by atomic mass is 10.2. The summed E-state index contributed by atoms with van der Waals surface area (Å²) in [5.41, 5.74) is 7.85. The molecule has 0 spiro atoms. The molecule has 2 heterocycles. The van der Waals surface area contributed by atoms with E-state index in [1.54, 1.807) is 22.7 Å². The van der Waals surface area contributed by atoms with Crippen molar-refractivity contribution in [3.05, 3.63) is 37.9 Å². The monoisotopic (exact) mass is 244 g/mol. The summed E-state index contributed by atoms with van der Waals surface area (Å²) in [4.78, 5) is 6.35. The van der Waals surface area contributed by atoms with Crippen molar-refractivity contribution < 1.29 is 0 Å². The smallest absolute Gasteiger partial charge is 0.0931 e. The Bertz CT molecular complexity index is 397. The Morgan fingerprint density at radius 1 is 1.50 bits per heavy atom. The molecule has 0 aliphatic rings. The molecule has 2 N–H and O–H groups in total. The van der Waals surface area contributed by atoms with Gasteiger partial charge in [0.05, 0.1) is 9.85 Å². The van der Waals surface area contributed by atoms with Crippen molar-refractivity contribution in [2.75, 3.05) is 0 Å². The van der Waals surface area contributed by atoms with Gasteiger partial charge in [0.25, 0.3) is 0 Å². The van der Waals surface area contributed by atoms with Crippen LogP contribution in [0.25, 0.3) is 0 Å². The van der Waals surface area contributed by atoms with Crippen LogP contribution in [0.4, 0.5) is 0 Å². The van der Waals surface area contributed by atoms with Crippen LogP contribution in [0.3, 0.4) is 0 Å². The zero-order valence-electron chi connectivity index (χ0n) is 7.31. The molecule has 74 valence electrons. The Morgan fingerprint density at radius 3 is 2.93 bits per heavy atom. The van der Waals surface area contributed by atoms with E-state index in [9.17, 15) is 0 Å². The van der Waals surface area contributed by atoms with Crippen LogP contribution in [-0.4, -0.2) is 4.98 Å². The van der Waals surface area contributed by atoms with Gasteiger partial charge in [0.2, 0.25) is 0 Å². The molecule has 2 nitrogen and oxygen atoms in total. The minimum Gasteiger partial charge on any atom is -0.323 e. The van der Waals surface area contributed by atoms with Crippen molar-refractivity contribution in [2.24, 2.45) is 5.73 Å². The first-order valence-corrected chi connectivity index (χ1v) is 6.21. The lowest BCUT2D eigenvalue weighted by Gasteiger charge is -2.06. The number of hydrogen-bond donors (Lipinski definition) is 1. The fourth-order valence-corrected chi connectivity index (χ4v) is 2.90. The van der Waals surface area contributed by atoms with Crippen LogP contribution in [0.1, 0.15) is 15.8 Å². The highest BCUT2D eigenvalue weighted by Gasteiger charge is 2.10. The molecule has 14 heavy (non-hydrogen) atoms. The second-order valence-electron chi connectivity index (χ2n) is 2.92. The summed E-state index contributed by atoms with van der Waals surface area (Å²) in [5.74, 6) is 0. The number of rotatable bonds is 3. The van der Waals surface area contributed by atoms with Crippen molar-refractivity contribution >= 4 is 34.3 Å². The first-order valence-electron chi connectivity index (χ1n) is 4.14. The molecule has 2 aromatic heterocycles. The molecule has 0 aromatic carbocycles. The zero-order valence-corrected chi connectivity index (χ0v) is 9.70. The Balaban J connectivity index is 2.06. The van der Waals surface area contributed by atoms with Crippen LogP contribution < -0.4 is 5.73 Å². The largest absolute Gasteiger partial charge is 0.323 e. The minimum absolute atomic E-state index is 0.0351. The summed E-state index contributed by atoms with van der Waals surface area (Å²) >= 11 is 9.02. The Labute approximate surface area is 95.4 Å². The topological polar surface area (TPSA) is 38.9 Å². The molecule has 1 atom stereocenters. The summed E-state index contributed by atoms with van der Waals surface area (Å²) in [6.07, 6.45) is 2.70. The van der Waals surface area contributed by atoms with Crippen LogP contribution in [0, 0.1) is 0 Å². The number of nitrogens with two attached hydrogens (primary N) is 1. The average molecular weight is 245 g/mol. The maximum absolute atomic E-state index is 6.03. The van der Waals surface area contributed by atoms with Crippen LogP contribution in [0.5, 0.6) is 0 Å². The van der Waals surface area contributed by atoms with E-state index in [1.807, 2.05) is 23.8 Å². The molecule has 0 saturated heterocycles. The molecule has 2 aromatic rings. The lowest BCUT2D eigenvalue weighted by molar-refractivity contribution is 0.744. The maximum Gasteiger partial charge on any atom is 0.0931 e. The van der Waals surface area contributed by atoms with Crippen molar-refractivity contribution in [2.45, 2.75) is 12.5 Å². The lowest BCUT2D eigenvalue weighted by Crippen LogP contribution is -2.10. The number of aromatic nitrogens is 1. The third-order valence-corrected chi connectivity index (χ3v) is 4.03. The second kappa shape index (κ2) is 4.40. The van der Waals surface area contributed by atoms with Gasteiger partial charge >= 0.3 is 0 Å². The van der Waals surface area contributed by atoms with Gasteiger partial charge in [-0.3, -0.25) is 4.98 Å². The van der Waals surface area contributed by atoms with Crippen molar-refractivity contribution in [3.63, 3.8) is 0 Å². The van der Waals surface area contributed by atoms with E-state index in [0.29, 0.717) is 0 Å². The Morgan fingerprint density at radius 2 is 2.36 bits per heavy atom. The predicted octanol–water partition coefficient (Wildman–Crippen LogP) is 3.10. The number of halogens is 1. The molecule has 0 bridgehead atoms. The quantitative estimate of drug-likeness (QED) is 0.901. The van der Waals surface area contributed by atoms with Gasteiger partial charge in [0.1, 0.15) is 0 Å². The predicted molar refractivity (Wildman–Crippen MR) is 62.1 cm³/mol. The van der Waals surface area contributed by atoms with Gasteiger partial charge in [-0.05, 0) is 12.1 Å². The third kappa shape index (κ3) is 2.33. The number of thiophene rings is 1. The van der Waals surface area contributed by atoms with Crippen LogP contribution in [0.15, 0.2) is 23.8 Å². The maximum atomic E-state index is 6.03. The van der Waals surface area contributed by atoms with Gasteiger partial charge in [-0.1, -0.05) is 11.6 Å². The highest BCUT2D eigenvalue weighted by molar-refractivity contribution is 7.16. The summed E-state index contributed by atoms with van der Waals surface area (Å²) in [6.45, 7) is 0. The van der Waals surface area contributed by atoms with Gasteiger partial charge in [0, 0.05) is 28.4 Å². The van der Waals surface area contributed by atoms with E-state index in [4.69, 9.17) is 17.3 Å². The van der Waals surface area contributed by atoms with Crippen molar-refractivity contribution in [1.29, 1.82) is 0 Å². The molecule has 2 rings (SSSR count). The van der Waals surface area contributed by atoms with Gasteiger partial charge in [0.15, 0.2) is 0 Å². The highest BCUT2D eigenvalue weighted by atomic mass is 35.5. The Kier molecular flexibility index (Phi) is 3.18. The van der Waals surface area contributed by atoms with Gasteiger partial charge in [-0.2, -0.15) is 0 Å². The molecular formula is C9H9ClN2S2. The van der Waals surface area contributed by atoms with Crippen molar-refractivity contribution in [1.82, 2.24) is 4.98 Å². The van der Waals surface area contributed by atoms with E-state index in [0.717, 1.165) is 15.6 Å². The summed E-state index contributed by atoms with van der Waals surface area (Å²) in [7, 11) is 0. The number of thiazole rings is 1. The second-order valence-corrected chi connectivity index (χ2v) is 5.64. The number of nitrogens with zero attached hydrogens (tertiary/aromatic N) is 1. The van der Waals surface area contributed by atoms with E-state index in [-0.39, 0.29) is 6.04 Å². The molecule has 0 aliphatic heterocycles. The van der Waals surface area contributed by atoms with E-state index in [2.05, 4.69) is 4.98 Å². The molecule has 1 unspecified atom stereocenters. The SMILES string of the molecule is NC(Cc1cncs1)c1ccc(Cl)s1. The zero-order chi connectivity index (χ0) is 9.97. The molecule has 0 fully saturated rings. The summed E-state index contributed by atoms with van der Waals surface area (Å²) in [5, 5.41) is 0. The highest BCUT2D eigenvalue weighted by Crippen LogP contribution is 2.28. The van der Waals surface area contributed by atoms with E-state index < -0.39 is 0 Å². The fraction of sp³-hybridized carbons (Fsp3) is 0.222. The fourth-order valence-electron chi connectivity index (χ4n) is 1.19. The van der Waals surface area contributed by atoms with Gasteiger partial charge in [-0.25, -0.2) is 0 Å². The summed E-state index contributed by atoms with van der Waals surface area (Å²) < 4.78 is 0.791. The first-order chi connectivity index (χ1) is 6.75. The molecule has 0 amide bonds. The standard InChI is InChI=1S/C9H9ClN2S2/c10-9-2-1-8(14-9)7(11)3-6-4-12-5-13-6/h1-2,4-5,7H,3,11H2. The molecule has 0 radical (unpaired) electrons. The van der Waals surface area contributed by atoms with Gasteiger partial charge in [-0.15, -0.1) is 22.7 Å². The molecule has 0 aliphatic carbocycles. The average Bonchev–Trinajstić information content (AvgIpc) is 2.75. The molecular weight excluding hydrogens is 236 g/mol. The molecule has 0 saturated carbocycles. The third-order valence-electron chi connectivity index (χ3n) is 1.86. The van der Waals surface area contributed by atoms with E-state index >= 15 is 0 Å². The minimum atomic E-state index is 0.0351. The van der Waals surface area contributed by atoms with Crippen LogP contribution >= 0.6 is 34.3 Å².